The van der Waals surface area contributed by atoms with E-state index in [1.54, 1.807) is 0 Å². The number of amides is 1. The molecule has 114 valence electrons. The fraction of sp³-hybridized carbons (Fsp3) is 0.353. The molecule has 1 rings (SSSR count). The molecular formula is C17H22FNO2. The molecule has 0 radical (unpaired) electrons. The van der Waals surface area contributed by atoms with Crippen molar-refractivity contribution in [3.8, 4) is 5.75 Å². The second kappa shape index (κ2) is 8.95. The van der Waals surface area contributed by atoms with Gasteiger partial charge in [-0.1, -0.05) is 23.3 Å². The molecule has 0 unspecified atom stereocenters. The van der Waals surface area contributed by atoms with Crippen molar-refractivity contribution in [3.05, 3.63) is 53.4 Å². The highest BCUT2D eigenvalue weighted by molar-refractivity contribution is 5.70. The molecule has 3 nitrogen and oxygen atoms in total. The van der Waals surface area contributed by atoms with Crippen LogP contribution in [0.15, 0.2) is 47.6 Å². The lowest BCUT2D eigenvalue weighted by Crippen LogP contribution is -2.26. The minimum atomic E-state index is -0.546. The van der Waals surface area contributed by atoms with Crippen molar-refractivity contribution >= 4 is 6.09 Å². The van der Waals surface area contributed by atoms with Gasteiger partial charge in [0, 0.05) is 6.54 Å². The zero-order valence-electron chi connectivity index (χ0n) is 12.8. The van der Waals surface area contributed by atoms with E-state index in [0.29, 0.717) is 12.3 Å². The molecule has 1 N–H and O–H groups in total. The highest BCUT2D eigenvalue weighted by atomic mass is 19.1. The number of rotatable bonds is 6. The number of benzene rings is 1. The minimum absolute atomic E-state index is 0.318. The second-order valence-corrected chi connectivity index (χ2v) is 5.09. The molecule has 0 saturated heterocycles. The van der Waals surface area contributed by atoms with Crippen LogP contribution in [0.2, 0.25) is 0 Å². The van der Waals surface area contributed by atoms with Crippen LogP contribution in [0, 0.1) is 5.82 Å². The zero-order chi connectivity index (χ0) is 15.7. The van der Waals surface area contributed by atoms with E-state index in [9.17, 15) is 9.18 Å². The van der Waals surface area contributed by atoms with Crippen molar-refractivity contribution < 1.29 is 13.9 Å². The van der Waals surface area contributed by atoms with Gasteiger partial charge in [0.1, 0.15) is 11.6 Å². The van der Waals surface area contributed by atoms with Gasteiger partial charge in [0.05, 0.1) is 0 Å². The van der Waals surface area contributed by atoms with Crippen LogP contribution in [0.25, 0.3) is 0 Å². The maximum absolute atomic E-state index is 12.7. The molecule has 1 aromatic rings. The molecule has 1 aromatic carbocycles. The Labute approximate surface area is 125 Å². The number of halogens is 1. The van der Waals surface area contributed by atoms with Gasteiger partial charge < -0.3 is 10.1 Å². The van der Waals surface area contributed by atoms with Crippen molar-refractivity contribution in [1.29, 1.82) is 0 Å². The summed E-state index contributed by atoms with van der Waals surface area (Å²) in [5.74, 6) is -0.0455. The lowest BCUT2D eigenvalue weighted by molar-refractivity contribution is 0.201. The molecule has 0 aliphatic carbocycles. The number of carbonyl (C=O) groups excluding carboxylic acids is 1. The Kier molecular flexibility index (Phi) is 7.23. The van der Waals surface area contributed by atoms with E-state index in [1.165, 1.54) is 35.4 Å². The fourth-order valence-electron chi connectivity index (χ4n) is 1.64. The first-order valence-electron chi connectivity index (χ1n) is 6.97. The van der Waals surface area contributed by atoms with Gasteiger partial charge in [-0.05, 0) is 57.9 Å². The number of carbonyl (C=O) groups is 1. The third kappa shape index (κ3) is 7.92. The van der Waals surface area contributed by atoms with Crippen LogP contribution >= 0.6 is 0 Å². The van der Waals surface area contributed by atoms with Gasteiger partial charge in [0.25, 0.3) is 0 Å². The lowest BCUT2D eigenvalue weighted by atomic mass is 10.1. The van der Waals surface area contributed by atoms with Gasteiger partial charge in [-0.3, -0.25) is 0 Å². The zero-order valence-corrected chi connectivity index (χ0v) is 12.8. The Bertz CT molecular complexity index is 514. The number of nitrogens with one attached hydrogen (secondary N) is 1. The minimum Gasteiger partial charge on any atom is -0.410 e. The highest BCUT2D eigenvalue weighted by Crippen LogP contribution is 2.11. The smallest absolute Gasteiger partial charge is 0.410 e. The van der Waals surface area contributed by atoms with Gasteiger partial charge in [0.15, 0.2) is 0 Å². The summed E-state index contributed by atoms with van der Waals surface area (Å²) in [4.78, 5) is 11.5. The molecule has 21 heavy (non-hydrogen) atoms. The topological polar surface area (TPSA) is 38.3 Å². The van der Waals surface area contributed by atoms with Crippen LogP contribution in [0.1, 0.15) is 33.6 Å². The molecule has 4 heteroatoms. The Balaban J connectivity index is 2.29. The summed E-state index contributed by atoms with van der Waals surface area (Å²) < 4.78 is 17.7. The van der Waals surface area contributed by atoms with E-state index in [2.05, 4.69) is 25.2 Å². The molecule has 1 amide bonds. The summed E-state index contributed by atoms with van der Waals surface area (Å²) in [6.45, 7) is 6.60. The third-order valence-corrected chi connectivity index (χ3v) is 2.81. The molecule has 0 spiro atoms. The first-order valence-corrected chi connectivity index (χ1v) is 6.97. The summed E-state index contributed by atoms with van der Waals surface area (Å²) >= 11 is 0. The summed E-state index contributed by atoms with van der Waals surface area (Å²) in [7, 11) is 0. The van der Waals surface area contributed by atoms with Crippen LogP contribution in [0.5, 0.6) is 5.75 Å². The van der Waals surface area contributed by atoms with Crippen LogP contribution < -0.4 is 10.1 Å². The number of hydrogen-bond donors (Lipinski definition) is 1. The largest absolute Gasteiger partial charge is 0.412 e. The average Bonchev–Trinajstić information content (AvgIpc) is 2.41. The lowest BCUT2D eigenvalue weighted by Gasteiger charge is -2.05. The number of allylic oxidation sites excluding steroid dienone is 3. The standard InChI is InChI=1S/C17H22FNO2/c1-13(2)5-4-6-14(3)11-12-19-17(20)21-16-9-7-15(18)8-10-16/h5,7-11H,4,6,12H2,1-3H3,(H,19,20). The van der Waals surface area contributed by atoms with Gasteiger partial charge >= 0.3 is 6.09 Å². The van der Waals surface area contributed by atoms with Crippen molar-refractivity contribution in [2.75, 3.05) is 6.54 Å². The van der Waals surface area contributed by atoms with Gasteiger partial charge in [-0.2, -0.15) is 0 Å². The molecule has 0 aromatic heterocycles. The van der Waals surface area contributed by atoms with E-state index >= 15 is 0 Å². The van der Waals surface area contributed by atoms with Crippen molar-refractivity contribution in [3.63, 3.8) is 0 Å². The van der Waals surface area contributed by atoms with Gasteiger partial charge in [0.2, 0.25) is 0 Å². The van der Waals surface area contributed by atoms with Crippen LogP contribution in [0.4, 0.5) is 9.18 Å². The predicted octanol–water partition coefficient (Wildman–Crippen LogP) is 4.61. The van der Waals surface area contributed by atoms with E-state index in [1.807, 2.05) is 13.0 Å². The number of hydrogen-bond acceptors (Lipinski definition) is 2. The number of ether oxygens (including phenoxy) is 1. The SMILES string of the molecule is CC(C)=CCCC(C)=CCNC(=O)Oc1ccc(F)cc1. The highest BCUT2D eigenvalue weighted by Gasteiger charge is 2.02. The molecule has 0 heterocycles. The van der Waals surface area contributed by atoms with Crippen LogP contribution in [-0.4, -0.2) is 12.6 Å². The van der Waals surface area contributed by atoms with Crippen molar-refractivity contribution in [2.24, 2.45) is 0 Å². The molecule has 0 aliphatic heterocycles. The normalized spacial score (nSPS) is 11.0. The molecule has 0 bridgehead atoms. The molecular weight excluding hydrogens is 269 g/mol. The van der Waals surface area contributed by atoms with Crippen LogP contribution in [0.3, 0.4) is 0 Å². The quantitative estimate of drug-likeness (QED) is 0.777. The van der Waals surface area contributed by atoms with E-state index < -0.39 is 6.09 Å². The maximum Gasteiger partial charge on any atom is 0.412 e. The van der Waals surface area contributed by atoms with E-state index in [4.69, 9.17) is 4.74 Å². The van der Waals surface area contributed by atoms with Crippen molar-refractivity contribution in [2.45, 2.75) is 33.6 Å². The van der Waals surface area contributed by atoms with Gasteiger partial charge in [-0.15, -0.1) is 0 Å². The Morgan fingerprint density at radius 1 is 1.19 bits per heavy atom. The monoisotopic (exact) mass is 291 g/mol. The Hall–Kier alpha value is -2.10. The van der Waals surface area contributed by atoms with Crippen molar-refractivity contribution in [1.82, 2.24) is 5.32 Å². The maximum atomic E-state index is 12.7. The summed E-state index contributed by atoms with van der Waals surface area (Å²) in [5.41, 5.74) is 2.53. The Morgan fingerprint density at radius 3 is 2.48 bits per heavy atom. The first kappa shape index (κ1) is 17.0. The molecule has 0 aliphatic rings. The second-order valence-electron chi connectivity index (χ2n) is 5.09. The molecule has 0 saturated carbocycles. The third-order valence-electron chi connectivity index (χ3n) is 2.81. The summed E-state index contributed by atoms with van der Waals surface area (Å²) in [5, 5.41) is 2.63. The van der Waals surface area contributed by atoms with E-state index in [0.717, 1.165) is 12.8 Å². The fourth-order valence-corrected chi connectivity index (χ4v) is 1.64. The van der Waals surface area contributed by atoms with E-state index in [-0.39, 0.29) is 5.82 Å². The average molecular weight is 291 g/mol. The van der Waals surface area contributed by atoms with Gasteiger partial charge in [-0.25, -0.2) is 9.18 Å². The summed E-state index contributed by atoms with van der Waals surface area (Å²) in [6.07, 6.45) is 5.58. The molecule has 0 atom stereocenters. The van der Waals surface area contributed by atoms with Crippen LogP contribution in [-0.2, 0) is 0 Å². The predicted molar refractivity (Wildman–Crippen MR) is 82.8 cm³/mol. The Morgan fingerprint density at radius 2 is 1.86 bits per heavy atom. The first-order chi connectivity index (χ1) is 9.97. The molecule has 0 fully saturated rings. The summed E-state index contributed by atoms with van der Waals surface area (Å²) in [6, 6.07) is 5.32.